The summed E-state index contributed by atoms with van der Waals surface area (Å²) in [5, 5.41) is 29.6. The molecule has 5 aromatic carbocycles. The fourth-order valence-electron chi connectivity index (χ4n) is 5.61. The predicted molar refractivity (Wildman–Crippen MR) is 222 cm³/mol. The molecule has 2 aliphatic rings. The molecule has 5 aromatic rings. The smallest absolute Gasteiger partial charge is 0.306 e. The average Bonchev–Trinajstić information content (AvgIpc) is 3.20. The van der Waals surface area contributed by atoms with Gasteiger partial charge in [-0.3, -0.25) is 4.79 Å². The molecule has 294 valence electrons. The number of phenols is 2. The van der Waals surface area contributed by atoms with E-state index in [2.05, 4.69) is 22.3 Å². The molecule has 14 N–H and O–H groups in total. The van der Waals surface area contributed by atoms with Gasteiger partial charge < -0.3 is 58.9 Å². The van der Waals surface area contributed by atoms with Gasteiger partial charge in [0.05, 0.1) is 18.7 Å². The molecule has 2 heterocycles. The quantitative estimate of drug-likeness (QED) is 0.0691. The van der Waals surface area contributed by atoms with Crippen LogP contribution in [-0.4, -0.2) is 54.6 Å². The Hall–Kier alpha value is -6.34. The number of nitrogen functional groups attached to an aromatic ring is 5. The van der Waals surface area contributed by atoms with E-state index in [1.165, 1.54) is 36.6 Å². The number of nitrogens with two attached hydrogens (primary N) is 5. The lowest BCUT2D eigenvalue weighted by Gasteiger charge is -2.31. The first-order chi connectivity index (χ1) is 26.4. The van der Waals surface area contributed by atoms with E-state index in [1.54, 1.807) is 43.5 Å². The summed E-state index contributed by atoms with van der Waals surface area (Å²) in [4.78, 5) is 13.0. The van der Waals surface area contributed by atoms with Crippen LogP contribution in [0.2, 0.25) is 0 Å². The third-order valence-corrected chi connectivity index (χ3v) is 8.87. The summed E-state index contributed by atoms with van der Waals surface area (Å²) in [6.07, 6.45) is 3.95. The number of piperidine rings is 2. The lowest BCUT2D eigenvalue weighted by atomic mass is 9.90. The van der Waals surface area contributed by atoms with Crippen LogP contribution >= 0.6 is 0 Å². The van der Waals surface area contributed by atoms with Gasteiger partial charge in [0.25, 0.3) is 0 Å². The van der Waals surface area contributed by atoms with Gasteiger partial charge in [0, 0.05) is 41.5 Å². The highest BCUT2D eigenvalue weighted by molar-refractivity contribution is 5.70. The van der Waals surface area contributed by atoms with Crippen LogP contribution in [0.1, 0.15) is 37.2 Å². The maximum atomic E-state index is 12.4. The molecule has 13 heteroatoms. The maximum Gasteiger partial charge on any atom is 0.306 e. The molecule has 0 spiro atoms. The van der Waals surface area contributed by atoms with Crippen molar-refractivity contribution >= 4 is 40.1 Å². The summed E-state index contributed by atoms with van der Waals surface area (Å²) in [6, 6.07) is 33.8. The molecule has 0 radical (unpaired) electrons. The van der Waals surface area contributed by atoms with Crippen molar-refractivity contribution in [1.82, 2.24) is 5.32 Å². The van der Waals surface area contributed by atoms with Crippen molar-refractivity contribution in [2.75, 3.05) is 66.9 Å². The Balaban J connectivity index is 0.000000190. The minimum absolute atomic E-state index is 0.0324. The van der Waals surface area contributed by atoms with Crippen LogP contribution in [0, 0.1) is 11.7 Å². The number of halogens is 1. The third kappa shape index (κ3) is 15.7. The number of carboxylic acid groups (broad SMARTS) is 1. The van der Waals surface area contributed by atoms with E-state index in [0.29, 0.717) is 5.69 Å². The van der Waals surface area contributed by atoms with Crippen molar-refractivity contribution in [2.45, 2.75) is 31.6 Å². The van der Waals surface area contributed by atoms with Crippen LogP contribution in [0.25, 0.3) is 0 Å². The number of nitrogens with zero attached hydrogens (tertiary/aromatic N) is 1. The highest BCUT2D eigenvalue weighted by Crippen LogP contribution is 2.26. The molecule has 7 rings (SSSR count). The van der Waals surface area contributed by atoms with Crippen LogP contribution in [0.3, 0.4) is 0 Å². The monoisotopic (exact) mass is 755 g/mol. The zero-order chi connectivity index (χ0) is 40.2. The van der Waals surface area contributed by atoms with Crippen molar-refractivity contribution in [1.29, 1.82) is 0 Å². The normalized spacial score (nSPS) is 13.8. The van der Waals surface area contributed by atoms with E-state index >= 15 is 0 Å². The second kappa shape index (κ2) is 22.7. The molecular weight excluding hydrogens is 702 g/mol. The number of hydrogen-bond donors (Lipinski definition) is 9. The number of aromatic hydroxyl groups is 2. The maximum absolute atomic E-state index is 12.4. The largest absolute Gasteiger partial charge is 0.508 e. The number of anilines is 6. The van der Waals surface area contributed by atoms with E-state index in [4.69, 9.17) is 48.7 Å². The van der Waals surface area contributed by atoms with Crippen molar-refractivity contribution in [3.8, 4) is 17.2 Å². The Bertz CT molecular complexity index is 1790. The molecule has 2 saturated heterocycles. The first-order valence-electron chi connectivity index (χ1n) is 17.9. The Morgan fingerprint density at radius 2 is 1.16 bits per heavy atom. The lowest BCUT2D eigenvalue weighted by molar-refractivity contribution is -0.142. The molecule has 0 bridgehead atoms. The van der Waals surface area contributed by atoms with Crippen LogP contribution in [0.15, 0.2) is 115 Å². The Morgan fingerprint density at radius 1 is 0.691 bits per heavy atom. The van der Waals surface area contributed by atoms with E-state index < -0.39 is 17.5 Å². The van der Waals surface area contributed by atoms with Gasteiger partial charge in [-0.25, -0.2) is 4.39 Å². The third-order valence-electron chi connectivity index (χ3n) is 8.87. The van der Waals surface area contributed by atoms with Crippen molar-refractivity contribution in [2.24, 2.45) is 5.92 Å². The fraction of sp³-hybridized carbons (Fsp3) is 0.262. The SMILES string of the molecule is COc1ccc(N)cc1.Nc1ccc(C2CCNCC2)cc1.Nc1ccc(N2CCC(C(=O)O)CC2)cc1.Nc1ccc(O)cc1.Nc1cccc(O)c1F. The zero-order valence-corrected chi connectivity index (χ0v) is 31.2. The molecule has 0 aliphatic carbocycles. The molecule has 12 nitrogen and oxygen atoms in total. The minimum Gasteiger partial charge on any atom is -0.508 e. The van der Waals surface area contributed by atoms with Gasteiger partial charge in [0.1, 0.15) is 11.5 Å². The number of benzene rings is 5. The van der Waals surface area contributed by atoms with Crippen LogP contribution in [0.4, 0.5) is 38.5 Å². The van der Waals surface area contributed by atoms with Gasteiger partial charge in [0.15, 0.2) is 11.6 Å². The molecule has 2 aliphatic heterocycles. The number of ether oxygens (including phenoxy) is 1. The van der Waals surface area contributed by atoms with Crippen molar-refractivity contribution in [3.05, 3.63) is 127 Å². The van der Waals surface area contributed by atoms with Gasteiger partial charge in [0.2, 0.25) is 0 Å². The van der Waals surface area contributed by atoms with Gasteiger partial charge in [-0.2, -0.15) is 0 Å². The number of carboxylic acids is 1. The molecule has 0 aromatic heterocycles. The molecule has 0 atom stereocenters. The summed E-state index contributed by atoms with van der Waals surface area (Å²) in [5.41, 5.74) is 32.7. The van der Waals surface area contributed by atoms with Crippen molar-refractivity contribution in [3.63, 3.8) is 0 Å². The standard InChI is InChI=1S/C12H16N2O2.C11H16N2.C7H9NO.C6H6FNO.C6H7NO/c13-10-1-3-11(4-2-10)14-7-5-9(6-8-14)12(15)16;12-11-3-1-9(2-4-11)10-5-7-13-8-6-10;1-9-7-4-2-6(8)3-5-7;7-6-4(8)2-1-3-5(6)9;7-5-1-3-6(8)4-2-5/h1-4,9H,5-8,13H2,(H,15,16);1-4,10,13H,5-8,12H2;2-5H,8H2,1H3;1-3,9H,8H2;1-4,8H,7H2. The van der Waals surface area contributed by atoms with Gasteiger partial charge in [-0.1, -0.05) is 18.2 Å². The number of carbonyl (C=O) groups is 1. The highest BCUT2D eigenvalue weighted by atomic mass is 19.1. The van der Waals surface area contributed by atoms with E-state index in [-0.39, 0.29) is 17.4 Å². The number of methoxy groups -OCH3 is 1. The van der Waals surface area contributed by atoms with Gasteiger partial charge >= 0.3 is 5.97 Å². The number of nitrogens with one attached hydrogen (secondary N) is 1. The van der Waals surface area contributed by atoms with Gasteiger partial charge in [-0.15, -0.1) is 0 Å². The van der Waals surface area contributed by atoms with Crippen molar-refractivity contribution < 1.29 is 29.2 Å². The number of hydrogen-bond acceptors (Lipinski definition) is 11. The second-order valence-electron chi connectivity index (χ2n) is 12.9. The summed E-state index contributed by atoms with van der Waals surface area (Å²) >= 11 is 0. The number of aliphatic carboxylic acids is 1. The molecule has 0 unspecified atom stereocenters. The fourth-order valence-corrected chi connectivity index (χ4v) is 5.61. The zero-order valence-electron chi connectivity index (χ0n) is 31.2. The Kier molecular flexibility index (Phi) is 17.7. The van der Waals surface area contributed by atoms with E-state index in [0.717, 1.165) is 73.4 Å². The second-order valence-corrected chi connectivity index (χ2v) is 12.9. The van der Waals surface area contributed by atoms with Crippen LogP contribution in [0.5, 0.6) is 17.2 Å². The minimum atomic E-state index is -0.752. The number of phenolic OH excluding ortho intramolecular Hbond substituents is 2. The summed E-state index contributed by atoms with van der Waals surface area (Å²) < 4.78 is 17.3. The summed E-state index contributed by atoms with van der Waals surface area (Å²) in [6.45, 7) is 3.91. The lowest BCUT2D eigenvalue weighted by Crippen LogP contribution is -2.36. The molecule has 55 heavy (non-hydrogen) atoms. The van der Waals surface area contributed by atoms with Crippen LogP contribution < -0.4 is 43.6 Å². The van der Waals surface area contributed by atoms with E-state index in [1.807, 2.05) is 48.5 Å². The summed E-state index contributed by atoms with van der Waals surface area (Å²) in [5.74, 6) is -0.181. The van der Waals surface area contributed by atoms with Crippen LogP contribution in [-0.2, 0) is 4.79 Å². The molecular formula is C42H54FN7O5. The molecule has 0 amide bonds. The number of rotatable bonds is 4. The molecule has 2 fully saturated rings. The molecule has 0 saturated carbocycles. The Morgan fingerprint density at radius 3 is 1.60 bits per heavy atom. The first-order valence-corrected chi connectivity index (χ1v) is 17.9. The average molecular weight is 756 g/mol. The predicted octanol–water partition coefficient (Wildman–Crippen LogP) is 6.67. The Labute approximate surface area is 322 Å². The van der Waals surface area contributed by atoms with Gasteiger partial charge in [-0.05, 0) is 147 Å². The summed E-state index contributed by atoms with van der Waals surface area (Å²) in [7, 11) is 1.63. The van der Waals surface area contributed by atoms with E-state index in [9.17, 15) is 9.18 Å². The first kappa shape index (κ1) is 43.1. The highest BCUT2D eigenvalue weighted by Gasteiger charge is 2.24. The topological polar surface area (TPSA) is 232 Å².